The summed E-state index contributed by atoms with van der Waals surface area (Å²) < 4.78 is 12.5. The summed E-state index contributed by atoms with van der Waals surface area (Å²) in [6, 6.07) is 2.27. The summed E-state index contributed by atoms with van der Waals surface area (Å²) in [6.45, 7) is 8.56. The summed E-state index contributed by atoms with van der Waals surface area (Å²) >= 11 is 0. The highest BCUT2D eigenvalue weighted by molar-refractivity contribution is 6.54. The highest BCUT2D eigenvalue weighted by Gasteiger charge is 2.54. The smallest absolute Gasteiger partial charge is 0.400 e. The minimum atomic E-state index is -0.217. The summed E-state index contributed by atoms with van der Waals surface area (Å²) in [5, 5.41) is 0. The molecule has 0 aromatic carbocycles. The van der Waals surface area contributed by atoms with Crippen LogP contribution in [-0.4, -0.2) is 41.3 Å². The Balaban J connectivity index is 1.55. The van der Waals surface area contributed by atoms with Gasteiger partial charge in [0.2, 0.25) is 0 Å². The van der Waals surface area contributed by atoms with Gasteiger partial charge in [0.25, 0.3) is 0 Å². The van der Waals surface area contributed by atoms with Gasteiger partial charge in [-0.2, -0.15) is 0 Å². The lowest BCUT2D eigenvalue weighted by Crippen LogP contribution is -2.42. The monoisotopic (exact) mass is 275 g/mol. The van der Waals surface area contributed by atoms with E-state index >= 15 is 0 Å². The molecule has 1 saturated carbocycles. The minimum absolute atomic E-state index is 0.121. The molecule has 110 valence electrons. The van der Waals surface area contributed by atoms with Crippen LogP contribution in [0.2, 0.25) is 0 Å². The van der Waals surface area contributed by atoms with Crippen LogP contribution in [0.5, 0.6) is 0 Å². The summed E-state index contributed by atoms with van der Waals surface area (Å²) in [5.41, 5.74) is 0.962. The van der Waals surface area contributed by atoms with E-state index in [4.69, 9.17) is 9.31 Å². The first-order chi connectivity index (χ1) is 9.37. The molecule has 2 atom stereocenters. The van der Waals surface area contributed by atoms with E-state index in [1.54, 1.807) is 0 Å². The summed E-state index contributed by atoms with van der Waals surface area (Å²) in [6.07, 6.45) is 9.10. The lowest BCUT2D eigenvalue weighted by molar-refractivity contribution is 0.00578. The SMILES string of the molecule is CC1(C)OB(C2=C[C@H]3CC[C@@H](C2)N3C2CC2)OC1(C)C. The Labute approximate surface area is 122 Å². The second-order valence-electron chi connectivity index (χ2n) is 8.01. The molecule has 2 saturated heterocycles. The van der Waals surface area contributed by atoms with Gasteiger partial charge < -0.3 is 9.31 Å². The fourth-order valence-corrected chi connectivity index (χ4v) is 4.01. The molecule has 20 heavy (non-hydrogen) atoms. The van der Waals surface area contributed by atoms with E-state index in [9.17, 15) is 0 Å². The first-order valence-electron chi connectivity index (χ1n) is 8.21. The van der Waals surface area contributed by atoms with Crippen molar-refractivity contribution in [3.63, 3.8) is 0 Å². The molecule has 4 aliphatic rings. The van der Waals surface area contributed by atoms with Crippen LogP contribution in [0, 0.1) is 0 Å². The Morgan fingerprint density at radius 3 is 2.15 bits per heavy atom. The van der Waals surface area contributed by atoms with Crippen LogP contribution >= 0.6 is 0 Å². The summed E-state index contributed by atoms with van der Waals surface area (Å²) in [5.74, 6) is 0. The third-order valence-corrected chi connectivity index (χ3v) is 6.00. The highest BCUT2D eigenvalue weighted by Crippen LogP contribution is 2.46. The summed E-state index contributed by atoms with van der Waals surface area (Å²) in [4.78, 5) is 2.77. The molecule has 0 spiro atoms. The van der Waals surface area contributed by atoms with E-state index in [-0.39, 0.29) is 18.3 Å². The van der Waals surface area contributed by atoms with Gasteiger partial charge in [0.1, 0.15) is 0 Å². The largest absolute Gasteiger partial charge is 0.490 e. The van der Waals surface area contributed by atoms with Crippen LogP contribution in [0.15, 0.2) is 11.5 Å². The Kier molecular flexibility index (Phi) is 2.75. The molecule has 3 nitrogen and oxygen atoms in total. The minimum Gasteiger partial charge on any atom is -0.400 e. The van der Waals surface area contributed by atoms with E-state index in [0.717, 1.165) is 18.5 Å². The maximum atomic E-state index is 6.23. The standard InChI is InChI=1S/C16H26BNO2/c1-15(2)16(3,4)20-17(19-15)11-9-13-7-8-14(10-11)18(13)12-5-6-12/h9,12-14H,5-8,10H2,1-4H3/t13-,14+/m1/s1. The van der Waals surface area contributed by atoms with Gasteiger partial charge in [-0.25, -0.2) is 0 Å². The van der Waals surface area contributed by atoms with Gasteiger partial charge >= 0.3 is 7.12 Å². The normalized spacial score (nSPS) is 39.2. The predicted molar refractivity (Wildman–Crippen MR) is 80.5 cm³/mol. The van der Waals surface area contributed by atoms with E-state index < -0.39 is 0 Å². The van der Waals surface area contributed by atoms with Crippen molar-refractivity contribution < 1.29 is 9.31 Å². The molecule has 3 fully saturated rings. The molecule has 0 radical (unpaired) electrons. The van der Waals surface area contributed by atoms with Crippen LogP contribution in [0.1, 0.15) is 59.8 Å². The Bertz CT molecular complexity index is 439. The molecule has 0 N–H and O–H groups in total. The van der Waals surface area contributed by atoms with Gasteiger partial charge in [0.15, 0.2) is 0 Å². The zero-order chi connectivity index (χ0) is 14.1. The average Bonchev–Trinajstić information content (AvgIpc) is 3.11. The van der Waals surface area contributed by atoms with Crippen molar-refractivity contribution >= 4 is 7.12 Å². The third kappa shape index (κ3) is 1.92. The van der Waals surface area contributed by atoms with Crippen molar-refractivity contribution in [3.05, 3.63) is 11.5 Å². The Morgan fingerprint density at radius 2 is 1.60 bits per heavy atom. The molecule has 4 heteroatoms. The quantitative estimate of drug-likeness (QED) is 0.723. The molecular formula is C16H26BNO2. The molecule has 1 aliphatic carbocycles. The van der Waals surface area contributed by atoms with E-state index in [2.05, 4.69) is 38.7 Å². The van der Waals surface area contributed by atoms with Crippen LogP contribution in [-0.2, 0) is 9.31 Å². The van der Waals surface area contributed by atoms with Crippen molar-refractivity contribution in [2.75, 3.05) is 0 Å². The van der Waals surface area contributed by atoms with Gasteiger partial charge in [0, 0.05) is 18.1 Å². The second kappa shape index (κ2) is 4.11. The second-order valence-corrected chi connectivity index (χ2v) is 8.01. The molecule has 3 aliphatic heterocycles. The van der Waals surface area contributed by atoms with Gasteiger partial charge in [-0.05, 0) is 65.3 Å². The van der Waals surface area contributed by atoms with Crippen LogP contribution in [0.25, 0.3) is 0 Å². The number of hydrogen-bond acceptors (Lipinski definition) is 3. The molecule has 0 aromatic heterocycles. The predicted octanol–water partition coefficient (Wildman–Crippen LogP) is 2.94. The first kappa shape index (κ1) is 13.4. The maximum absolute atomic E-state index is 6.23. The van der Waals surface area contributed by atoms with E-state index in [1.807, 2.05) is 0 Å². The first-order valence-corrected chi connectivity index (χ1v) is 8.21. The van der Waals surface area contributed by atoms with Crippen molar-refractivity contribution in [1.29, 1.82) is 0 Å². The van der Waals surface area contributed by atoms with Crippen molar-refractivity contribution in [2.24, 2.45) is 0 Å². The number of nitrogens with zero attached hydrogens (tertiary/aromatic N) is 1. The lowest BCUT2D eigenvalue weighted by atomic mass is 9.73. The third-order valence-electron chi connectivity index (χ3n) is 6.00. The van der Waals surface area contributed by atoms with Gasteiger partial charge in [0.05, 0.1) is 11.2 Å². The zero-order valence-electron chi connectivity index (χ0n) is 13.2. The molecule has 0 unspecified atom stereocenters. The molecule has 0 amide bonds. The number of fused-ring (bicyclic) bond motifs is 2. The molecule has 4 rings (SSSR count). The van der Waals surface area contributed by atoms with Crippen molar-refractivity contribution in [2.45, 2.75) is 89.1 Å². The van der Waals surface area contributed by atoms with Gasteiger partial charge in [-0.3, -0.25) is 4.90 Å². The molecule has 0 aromatic rings. The van der Waals surface area contributed by atoms with Crippen molar-refractivity contribution in [1.82, 2.24) is 4.90 Å². The fourth-order valence-electron chi connectivity index (χ4n) is 4.01. The van der Waals surface area contributed by atoms with E-state index in [1.165, 1.54) is 31.2 Å². The molecular weight excluding hydrogens is 249 g/mol. The summed E-state index contributed by atoms with van der Waals surface area (Å²) in [7, 11) is -0.121. The topological polar surface area (TPSA) is 21.7 Å². The lowest BCUT2D eigenvalue weighted by Gasteiger charge is -2.34. The van der Waals surface area contributed by atoms with Gasteiger partial charge in [-0.1, -0.05) is 6.08 Å². The van der Waals surface area contributed by atoms with Crippen LogP contribution in [0.3, 0.4) is 0 Å². The van der Waals surface area contributed by atoms with Crippen molar-refractivity contribution in [3.8, 4) is 0 Å². The Hall–Kier alpha value is -0.315. The molecule has 2 bridgehead atoms. The van der Waals surface area contributed by atoms with Gasteiger partial charge in [-0.15, -0.1) is 0 Å². The Morgan fingerprint density at radius 1 is 1.00 bits per heavy atom. The van der Waals surface area contributed by atoms with Crippen LogP contribution in [0.4, 0.5) is 0 Å². The maximum Gasteiger partial charge on any atom is 0.490 e. The zero-order valence-corrected chi connectivity index (χ0v) is 13.2. The number of hydrogen-bond donors (Lipinski definition) is 0. The van der Waals surface area contributed by atoms with E-state index in [0.29, 0.717) is 6.04 Å². The van der Waals surface area contributed by atoms with Crippen LogP contribution < -0.4 is 0 Å². The molecule has 3 heterocycles. The number of rotatable bonds is 2. The average molecular weight is 275 g/mol. The fraction of sp³-hybridized carbons (Fsp3) is 0.875. The highest BCUT2D eigenvalue weighted by atomic mass is 16.7.